The molecule has 0 unspecified atom stereocenters. The van der Waals surface area contributed by atoms with E-state index in [1.165, 1.54) is 7.11 Å². The number of nitrogens with zero attached hydrogens (tertiary/aromatic N) is 1. The second-order valence-corrected chi connectivity index (χ2v) is 7.67. The van der Waals surface area contributed by atoms with Crippen molar-refractivity contribution in [1.29, 1.82) is 0 Å². The quantitative estimate of drug-likeness (QED) is 0.679. The van der Waals surface area contributed by atoms with Crippen molar-refractivity contribution in [2.45, 2.75) is 31.7 Å². The van der Waals surface area contributed by atoms with E-state index in [2.05, 4.69) is 5.32 Å². The fourth-order valence-corrected chi connectivity index (χ4v) is 3.92. The lowest BCUT2D eigenvalue weighted by molar-refractivity contribution is -0.141. The summed E-state index contributed by atoms with van der Waals surface area (Å²) < 4.78 is 5.30. The van der Waals surface area contributed by atoms with E-state index in [-0.39, 0.29) is 24.8 Å². The van der Waals surface area contributed by atoms with Crippen molar-refractivity contribution in [2.75, 3.05) is 20.2 Å². The zero-order valence-electron chi connectivity index (χ0n) is 17.6. The van der Waals surface area contributed by atoms with Gasteiger partial charge in [0.2, 0.25) is 5.91 Å². The summed E-state index contributed by atoms with van der Waals surface area (Å²) in [5.41, 5.74) is 1.31. The normalized spacial score (nSPS) is 16.9. The van der Waals surface area contributed by atoms with Crippen molar-refractivity contribution in [3.05, 3.63) is 65.7 Å². The molecular formula is C24H28N2O5. The van der Waals surface area contributed by atoms with Gasteiger partial charge in [-0.15, -0.1) is 0 Å². The molecule has 7 heteroatoms. The molecule has 1 fully saturated rings. The van der Waals surface area contributed by atoms with Crippen LogP contribution in [0.5, 0.6) is 5.75 Å². The smallest absolute Gasteiger partial charge is 0.308 e. The van der Waals surface area contributed by atoms with Crippen molar-refractivity contribution in [2.24, 2.45) is 5.92 Å². The predicted octanol–water partition coefficient (Wildman–Crippen LogP) is 2.75. The summed E-state index contributed by atoms with van der Waals surface area (Å²) in [6, 6.07) is 15.5. The molecule has 0 bridgehead atoms. The van der Waals surface area contributed by atoms with Crippen LogP contribution in [-0.2, 0) is 16.0 Å². The van der Waals surface area contributed by atoms with Crippen LogP contribution in [0.3, 0.4) is 0 Å². The van der Waals surface area contributed by atoms with Gasteiger partial charge in [-0.05, 0) is 49.4 Å². The van der Waals surface area contributed by atoms with E-state index in [4.69, 9.17) is 4.74 Å². The molecule has 2 amide bonds. The maximum absolute atomic E-state index is 12.9. The van der Waals surface area contributed by atoms with Crippen LogP contribution in [-0.4, -0.2) is 54.0 Å². The van der Waals surface area contributed by atoms with E-state index in [1.807, 2.05) is 24.3 Å². The van der Waals surface area contributed by atoms with Crippen LogP contribution in [0.25, 0.3) is 0 Å². The third kappa shape index (κ3) is 5.63. The van der Waals surface area contributed by atoms with Gasteiger partial charge in [-0.1, -0.05) is 36.4 Å². The molecule has 3 rings (SSSR count). The fourth-order valence-electron chi connectivity index (χ4n) is 3.92. The maximum atomic E-state index is 12.9. The lowest BCUT2D eigenvalue weighted by Crippen LogP contribution is -2.52. The number of amides is 2. The Morgan fingerprint density at radius 2 is 1.81 bits per heavy atom. The average molecular weight is 424 g/mol. The van der Waals surface area contributed by atoms with Gasteiger partial charge in [0.25, 0.3) is 5.91 Å². The number of para-hydroxylation sites is 1. The number of rotatable bonds is 8. The summed E-state index contributed by atoms with van der Waals surface area (Å²) in [6.45, 7) is 0.492. The van der Waals surface area contributed by atoms with Gasteiger partial charge in [-0.25, -0.2) is 0 Å². The summed E-state index contributed by atoms with van der Waals surface area (Å²) in [6.07, 6.45) is 2.49. The predicted molar refractivity (Wildman–Crippen MR) is 116 cm³/mol. The van der Waals surface area contributed by atoms with Crippen LogP contribution in [0.4, 0.5) is 0 Å². The fraction of sp³-hybridized carbons (Fsp3) is 0.375. The number of ether oxygens (including phenoxy) is 1. The van der Waals surface area contributed by atoms with Gasteiger partial charge in [0, 0.05) is 18.7 Å². The first-order valence-corrected chi connectivity index (χ1v) is 10.5. The second-order valence-electron chi connectivity index (χ2n) is 7.67. The highest BCUT2D eigenvalue weighted by Gasteiger charge is 2.33. The highest BCUT2D eigenvalue weighted by molar-refractivity contribution is 5.97. The Morgan fingerprint density at radius 1 is 1.10 bits per heavy atom. The van der Waals surface area contributed by atoms with Gasteiger partial charge in [-0.3, -0.25) is 14.4 Å². The number of carbonyl (C=O) groups excluding carboxylic acids is 2. The third-order valence-corrected chi connectivity index (χ3v) is 5.62. The van der Waals surface area contributed by atoms with Gasteiger partial charge >= 0.3 is 5.97 Å². The number of nitrogens with one attached hydrogen (secondary N) is 1. The average Bonchev–Trinajstić information content (AvgIpc) is 2.81. The first kappa shape index (κ1) is 22.3. The van der Waals surface area contributed by atoms with Crippen molar-refractivity contribution in [3.8, 4) is 5.75 Å². The van der Waals surface area contributed by atoms with Crippen LogP contribution >= 0.6 is 0 Å². The number of carboxylic acid groups (broad SMARTS) is 1. The first-order chi connectivity index (χ1) is 15.0. The number of piperidine rings is 1. The Balaban J connectivity index is 1.66. The van der Waals surface area contributed by atoms with Crippen molar-refractivity contribution in [3.63, 3.8) is 0 Å². The number of carboxylic acids is 1. The number of likely N-dealkylation sites (tertiary alicyclic amines) is 1. The molecule has 1 aliphatic heterocycles. The number of carbonyl (C=O) groups is 3. The standard InChI is InChI=1S/C24H28N2O5/c1-31-21-13-6-5-11-18(21)15-19(24(29)30)16-25-22(27)20-12-7-8-14-26(20)23(28)17-9-3-2-4-10-17/h2-6,9-11,13,19-20H,7-8,12,14-16H2,1H3,(H,25,27)(H,29,30)/t19-,20-/m1/s1. The minimum atomic E-state index is -0.993. The lowest BCUT2D eigenvalue weighted by atomic mass is 9.97. The SMILES string of the molecule is COc1ccccc1C[C@H](CNC(=O)[C@H]1CCCCN1C(=O)c1ccccc1)C(=O)O. The first-order valence-electron chi connectivity index (χ1n) is 10.5. The van der Waals surface area contributed by atoms with Crippen LogP contribution in [0.2, 0.25) is 0 Å². The van der Waals surface area contributed by atoms with Gasteiger partial charge in [0.15, 0.2) is 0 Å². The van der Waals surface area contributed by atoms with Crippen LogP contribution in [0.15, 0.2) is 54.6 Å². The van der Waals surface area contributed by atoms with E-state index < -0.39 is 17.9 Å². The van der Waals surface area contributed by atoms with E-state index in [0.717, 1.165) is 18.4 Å². The van der Waals surface area contributed by atoms with Crippen molar-refractivity contribution in [1.82, 2.24) is 10.2 Å². The summed E-state index contributed by atoms with van der Waals surface area (Å²) >= 11 is 0. The number of hydrogen-bond donors (Lipinski definition) is 2. The van der Waals surface area contributed by atoms with Gasteiger partial charge in [-0.2, -0.15) is 0 Å². The maximum Gasteiger partial charge on any atom is 0.308 e. The summed E-state index contributed by atoms with van der Waals surface area (Å²) in [5, 5.41) is 12.4. The molecule has 2 aromatic carbocycles. The zero-order valence-corrected chi connectivity index (χ0v) is 17.6. The zero-order chi connectivity index (χ0) is 22.2. The number of aliphatic carboxylic acids is 1. The topological polar surface area (TPSA) is 95.9 Å². The molecule has 31 heavy (non-hydrogen) atoms. The number of methoxy groups -OCH3 is 1. The Kier molecular flexibility index (Phi) is 7.65. The minimum Gasteiger partial charge on any atom is -0.496 e. The molecule has 1 aliphatic rings. The largest absolute Gasteiger partial charge is 0.496 e. The van der Waals surface area contributed by atoms with Gasteiger partial charge < -0.3 is 20.1 Å². The molecule has 1 saturated heterocycles. The Bertz CT molecular complexity index is 915. The molecule has 1 heterocycles. The third-order valence-electron chi connectivity index (χ3n) is 5.62. The minimum absolute atomic E-state index is 0.0178. The molecular weight excluding hydrogens is 396 g/mol. The van der Waals surface area contributed by atoms with E-state index in [0.29, 0.717) is 24.3 Å². The van der Waals surface area contributed by atoms with E-state index in [9.17, 15) is 19.5 Å². The molecule has 0 radical (unpaired) electrons. The van der Waals surface area contributed by atoms with Gasteiger partial charge in [0.05, 0.1) is 13.0 Å². The molecule has 2 aromatic rings. The Labute approximate surface area is 182 Å². The monoisotopic (exact) mass is 424 g/mol. The number of benzene rings is 2. The molecule has 7 nitrogen and oxygen atoms in total. The highest BCUT2D eigenvalue weighted by Crippen LogP contribution is 2.22. The van der Waals surface area contributed by atoms with Gasteiger partial charge in [0.1, 0.15) is 11.8 Å². The van der Waals surface area contributed by atoms with Crippen molar-refractivity contribution < 1.29 is 24.2 Å². The summed E-state index contributed by atoms with van der Waals surface area (Å²) in [5.74, 6) is -1.67. The molecule has 0 aliphatic carbocycles. The van der Waals surface area contributed by atoms with Crippen LogP contribution in [0, 0.1) is 5.92 Å². The van der Waals surface area contributed by atoms with Crippen molar-refractivity contribution >= 4 is 17.8 Å². The van der Waals surface area contributed by atoms with Crippen LogP contribution in [0.1, 0.15) is 35.2 Å². The molecule has 0 saturated carbocycles. The molecule has 0 spiro atoms. The molecule has 0 aromatic heterocycles. The summed E-state index contributed by atoms with van der Waals surface area (Å²) in [4.78, 5) is 39.2. The van der Waals surface area contributed by atoms with Crippen LogP contribution < -0.4 is 10.1 Å². The lowest BCUT2D eigenvalue weighted by Gasteiger charge is -2.35. The molecule has 2 atom stereocenters. The summed E-state index contributed by atoms with van der Waals surface area (Å²) in [7, 11) is 1.54. The molecule has 2 N–H and O–H groups in total. The Hall–Kier alpha value is -3.35. The number of hydrogen-bond acceptors (Lipinski definition) is 4. The second kappa shape index (κ2) is 10.6. The molecule has 164 valence electrons. The highest BCUT2D eigenvalue weighted by atomic mass is 16.5. The van der Waals surface area contributed by atoms with E-state index in [1.54, 1.807) is 35.2 Å². The van der Waals surface area contributed by atoms with E-state index >= 15 is 0 Å². The Morgan fingerprint density at radius 3 is 2.52 bits per heavy atom.